The zero-order valence-corrected chi connectivity index (χ0v) is 6.72. The van der Waals surface area contributed by atoms with E-state index in [9.17, 15) is 4.79 Å². The van der Waals surface area contributed by atoms with Crippen LogP contribution in [0.3, 0.4) is 0 Å². The van der Waals surface area contributed by atoms with Gasteiger partial charge in [0.2, 0.25) is 0 Å². The summed E-state index contributed by atoms with van der Waals surface area (Å²) in [6, 6.07) is 5.58. The third-order valence-electron chi connectivity index (χ3n) is 1.65. The topological polar surface area (TPSA) is 17.1 Å². The number of carbonyl (C=O) groups is 1. The molecule has 0 aliphatic carbocycles. The van der Waals surface area contributed by atoms with Crippen LogP contribution in [-0.2, 0) is 0 Å². The lowest BCUT2D eigenvalue weighted by molar-refractivity contribution is 0.108. The molecule has 1 aromatic rings. The first-order valence-electron chi connectivity index (χ1n) is 3.48. The Morgan fingerprint density at radius 2 is 2.00 bits per heavy atom. The van der Waals surface area contributed by atoms with Gasteiger partial charge in [-0.1, -0.05) is 23.8 Å². The van der Waals surface area contributed by atoms with Crippen molar-refractivity contribution in [2.24, 2.45) is 0 Å². The second kappa shape index (κ2) is 2.91. The Morgan fingerprint density at radius 1 is 1.36 bits per heavy atom. The van der Waals surface area contributed by atoms with Gasteiger partial charge in [0.25, 0.3) is 0 Å². The van der Waals surface area contributed by atoms with Gasteiger partial charge >= 0.3 is 0 Å². The Morgan fingerprint density at radius 3 is 2.45 bits per heavy atom. The van der Waals surface area contributed by atoms with E-state index in [1.807, 2.05) is 26.0 Å². The maximum Gasteiger partial charge on any atom is 0.175 e. The fourth-order valence-corrected chi connectivity index (χ4v) is 1.09. The van der Waals surface area contributed by atoms with Crippen molar-refractivity contribution in [3.8, 4) is 0 Å². The van der Waals surface area contributed by atoms with Gasteiger partial charge in [-0.25, -0.2) is 0 Å². The highest BCUT2D eigenvalue weighted by molar-refractivity contribution is 6.62. The molecule has 54 valence electrons. The van der Waals surface area contributed by atoms with Crippen molar-refractivity contribution in [2.75, 3.05) is 0 Å². The summed E-state index contributed by atoms with van der Waals surface area (Å²) in [5.74, 6) is 0. The van der Waals surface area contributed by atoms with Crippen LogP contribution in [0.5, 0.6) is 0 Å². The number of benzene rings is 1. The fraction of sp³-hybridized carbons (Fsp3) is 0.222. The highest BCUT2D eigenvalue weighted by Gasteiger charge is 2.01. The van der Waals surface area contributed by atoms with E-state index in [2.05, 4.69) is 0 Å². The summed E-state index contributed by atoms with van der Waals surface area (Å²) >= 11 is 0. The smallest absolute Gasteiger partial charge is 0.175 e. The second-order valence-corrected chi connectivity index (χ2v) is 2.68. The number of rotatable bonds is 1. The van der Waals surface area contributed by atoms with E-state index in [1.165, 1.54) is 0 Å². The van der Waals surface area contributed by atoms with Gasteiger partial charge < -0.3 is 4.79 Å². The average Bonchev–Trinajstić information content (AvgIpc) is 1.85. The van der Waals surface area contributed by atoms with Crippen LogP contribution in [0.15, 0.2) is 18.2 Å². The Labute approximate surface area is 67.8 Å². The van der Waals surface area contributed by atoms with Crippen LogP contribution >= 0.6 is 0 Å². The molecule has 0 atom stereocenters. The molecule has 11 heavy (non-hydrogen) atoms. The molecule has 0 saturated heterocycles. The summed E-state index contributed by atoms with van der Waals surface area (Å²) in [6.45, 7) is 3.87. The zero-order valence-electron chi connectivity index (χ0n) is 6.72. The highest BCUT2D eigenvalue weighted by Crippen LogP contribution is 2.09. The lowest BCUT2D eigenvalue weighted by Crippen LogP contribution is -2.00. The second-order valence-electron chi connectivity index (χ2n) is 2.68. The van der Waals surface area contributed by atoms with E-state index >= 15 is 0 Å². The molecule has 0 fully saturated rings. The highest BCUT2D eigenvalue weighted by atomic mass is 16.1. The van der Waals surface area contributed by atoms with Crippen molar-refractivity contribution in [3.63, 3.8) is 0 Å². The summed E-state index contributed by atoms with van der Waals surface area (Å²) in [5.41, 5.74) is 2.34. The number of aryl methyl sites for hydroxylation is 2. The van der Waals surface area contributed by atoms with E-state index in [0.29, 0.717) is 5.56 Å². The molecule has 0 heterocycles. The molecule has 2 radical (unpaired) electrons. The molecule has 0 aromatic heterocycles. The van der Waals surface area contributed by atoms with Crippen LogP contribution in [0, 0.1) is 13.8 Å². The molecule has 0 aliphatic heterocycles. The average molecular weight is 144 g/mol. The van der Waals surface area contributed by atoms with Gasteiger partial charge in [-0.05, 0) is 19.4 Å². The molecule has 0 saturated carbocycles. The number of hydrogen-bond donors (Lipinski definition) is 0. The van der Waals surface area contributed by atoms with E-state index in [4.69, 9.17) is 7.85 Å². The molecule has 0 amide bonds. The Hall–Kier alpha value is -1.05. The summed E-state index contributed by atoms with van der Waals surface area (Å²) in [7, 11) is 5.13. The molecule has 2 heteroatoms. The van der Waals surface area contributed by atoms with Gasteiger partial charge in [0.1, 0.15) is 5.68 Å². The normalized spacial score (nSPS) is 9.64. The molecule has 0 N–H and O–H groups in total. The van der Waals surface area contributed by atoms with Gasteiger partial charge in [-0.2, -0.15) is 0 Å². The van der Waals surface area contributed by atoms with Gasteiger partial charge in [0.05, 0.1) is 0 Å². The van der Waals surface area contributed by atoms with Crippen molar-refractivity contribution in [3.05, 3.63) is 34.9 Å². The first-order chi connectivity index (χ1) is 5.11. The van der Waals surface area contributed by atoms with E-state index in [0.717, 1.165) is 11.1 Å². The zero-order chi connectivity index (χ0) is 8.43. The molecule has 0 spiro atoms. The Balaban J connectivity index is 3.20. The quantitative estimate of drug-likeness (QED) is 0.547. The van der Waals surface area contributed by atoms with Gasteiger partial charge in [0.15, 0.2) is 7.85 Å². The van der Waals surface area contributed by atoms with Gasteiger partial charge in [-0.15, -0.1) is 0 Å². The first-order valence-corrected chi connectivity index (χ1v) is 3.48. The maximum absolute atomic E-state index is 10.8. The Bertz CT molecular complexity index is 292. The third kappa shape index (κ3) is 1.70. The van der Waals surface area contributed by atoms with Gasteiger partial charge in [-0.3, -0.25) is 0 Å². The van der Waals surface area contributed by atoms with Crippen molar-refractivity contribution in [2.45, 2.75) is 13.8 Å². The number of hydrogen-bond acceptors (Lipinski definition) is 1. The van der Waals surface area contributed by atoms with Crippen molar-refractivity contribution in [1.29, 1.82) is 0 Å². The minimum Gasteiger partial charge on any atom is -0.307 e. The van der Waals surface area contributed by atoms with Crippen LogP contribution in [0.2, 0.25) is 0 Å². The molecular weight excluding hydrogens is 135 g/mol. The molecule has 0 bridgehead atoms. The predicted molar refractivity (Wildman–Crippen MR) is 46.0 cm³/mol. The first kappa shape index (κ1) is 8.06. The fourth-order valence-electron chi connectivity index (χ4n) is 1.09. The van der Waals surface area contributed by atoms with Crippen LogP contribution in [0.25, 0.3) is 0 Å². The van der Waals surface area contributed by atoms with E-state index in [-0.39, 0.29) is 5.68 Å². The molecular formula is C9H9BO. The minimum atomic E-state index is -0.359. The lowest BCUT2D eigenvalue weighted by atomic mass is 9.91. The minimum absolute atomic E-state index is 0.359. The standard InChI is InChI=1S/C9H9BO/c1-6-3-4-8(9(10)11)7(2)5-6/h3-5H,1-2H3. The van der Waals surface area contributed by atoms with Gasteiger partial charge in [0, 0.05) is 5.56 Å². The van der Waals surface area contributed by atoms with Crippen LogP contribution < -0.4 is 0 Å². The Kier molecular flexibility index (Phi) is 2.13. The van der Waals surface area contributed by atoms with Crippen LogP contribution in [0.1, 0.15) is 21.5 Å². The summed E-state index contributed by atoms with van der Waals surface area (Å²) in [4.78, 5) is 10.8. The third-order valence-corrected chi connectivity index (χ3v) is 1.65. The van der Waals surface area contributed by atoms with Crippen molar-refractivity contribution in [1.82, 2.24) is 0 Å². The molecule has 0 aliphatic rings. The number of carbonyl (C=O) groups excluding carboxylic acids is 1. The monoisotopic (exact) mass is 144 g/mol. The molecule has 1 aromatic carbocycles. The van der Waals surface area contributed by atoms with E-state index in [1.54, 1.807) is 6.07 Å². The maximum atomic E-state index is 10.8. The van der Waals surface area contributed by atoms with Crippen LogP contribution in [-0.4, -0.2) is 13.5 Å². The largest absolute Gasteiger partial charge is 0.307 e. The predicted octanol–water partition coefficient (Wildman–Crippen LogP) is 1.61. The summed E-state index contributed by atoms with van der Waals surface area (Å²) < 4.78 is 0. The lowest BCUT2D eigenvalue weighted by Gasteiger charge is -2.01. The SMILES string of the molecule is [B]C(=O)c1ccc(C)cc1C. The van der Waals surface area contributed by atoms with Crippen molar-refractivity contribution >= 4 is 13.5 Å². The van der Waals surface area contributed by atoms with Crippen LogP contribution in [0.4, 0.5) is 0 Å². The molecule has 1 rings (SSSR count). The van der Waals surface area contributed by atoms with Crippen molar-refractivity contribution < 1.29 is 4.79 Å². The summed E-state index contributed by atoms with van der Waals surface area (Å²) in [5, 5.41) is 0. The molecule has 1 nitrogen and oxygen atoms in total. The summed E-state index contributed by atoms with van der Waals surface area (Å²) in [6.07, 6.45) is 0. The molecule has 0 unspecified atom stereocenters. The van der Waals surface area contributed by atoms with E-state index < -0.39 is 0 Å².